The number of nitrogens with two attached hydrogens (primary N) is 1. The van der Waals surface area contributed by atoms with E-state index in [9.17, 15) is 4.79 Å². The molecular weight excluding hydrogens is 202 g/mol. The maximum atomic E-state index is 11.6. The first kappa shape index (κ1) is 11.1. The van der Waals surface area contributed by atoms with E-state index in [-0.39, 0.29) is 5.91 Å². The van der Waals surface area contributed by atoms with E-state index < -0.39 is 0 Å². The third-order valence-corrected chi connectivity index (χ3v) is 2.99. The van der Waals surface area contributed by atoms with Gasteiger partial charge in [-0.3, -0.25) is 15.1 Å². The van der Waals surface area contributed by atoms with Gasteiger partial charge in [-0.15, -0.1) is 0 Å². The van der Waals surface area contributed by atoms with Crippen LogP contribution in [0.25, 0.3) is 0 Å². The highest BCUT2D eigenvalue weighted by Crippen LogP contribution is 2.15. The zero-order valence-corrected chi connectivity index (χ0v) is 9.28. The number of amides is 1. The third kappa shape index (κ3) is 2.40. The molecule has 0 spiro atoms. The lowest BCUT2D eigenvalue weighted by atomic mass is 10.1. The van der Waals surface area contributed by atoms with Crippen molar-refractivity contribution in [2.45, 2.75) is 19.4 Å². The molecule has 16 heavy (non-hydrogen) atoms. The first-order valence-corrected chi connectivity index (χ1v) is 5.62. The largest absolute Gasteiger partial charge is 0.299 e. The summed E-state index contributed by atoms with van der Waals surface area (Å²) in [6.45, 7) is 3.08. The summed E-state index contributed by atoms with van der Waals surface area (Å²) >= 11 is 0. The molecule has 3 N–H and O–H groups in total. The lowest BCUT2D eigenvalue weighted by Gasteiger charge is -2.16. The summed E-state index contributed by atoms with van der Waals surface area (Å²) in [6.07, 6.45) is 2.51. The van der Waals surface area contributed by atoms with Crippen molar-refractivity contribution in [1.82, 2.24) is 10.3 Å². The number of hydrogen-bond donors (Lipinski definition) is 2. The average Bonchev–Trinajstić information content (AvgIpc) is 2.82. The third-order valence-electron chi connectivity index (χ3n) is 2.99. The van der Waals surface area contributed by atoms with Gasteiger partial charge in [0.25, 0.3) is 5.91 Å². The molecule has 0 bridgehead atoms. The van der Waals surface area contributed by atoms with E-state index in [1.54, 1.807) is 0 Å². The molecule has 4 nitrogen and oxygen atoms in total. The minimum absolute atomic E-state index is 0.213. The summed E-state index contributed by atoms with van der Waals surface area (Å²) < 4.78 is 0. The SMILES string of the molecule is NNC(=O)c1ccccc1CN1CCCC1. The minimum Gasteiger partial charge on any atom is -0.299 e. The van der Waals surface area contributed by atoms with Gasteiger partial charge in [0.15, 0.2) is 0 Å². The molecule has 2 rings (SSSR count). The highest BCUT2D eigenvalue weighted by Gasteiger charge is 2.15. The number of hydrazine groups is 1. The van der Waals surface area contributed by atoms with Gasteiger partial charge < -0.3 is 0 Å². The standard InChI is InChI=1S/C12H17N3O/c13-14-12(16)11-6-2-1-5-10(11)9-15-7-3-4-8-15/h1-2,5-6H,3-4,7-9,13H2,(H,14,16). The second-order valence-electron chi connectivity index (χ2n) is 4.11. The van der Waals surface area contributed by atoms with E-state index in [1.165, 1.54) is 12.8 Å². The van der Waals surface area contributed by atoms with Crippen LogP contribution < -0.4 is 11.3 Å². The maximum Gasteiger partial charge on any atom is 0.265 e. The fourth-order valence-electron chi connectivity index (χ4n) is 2.14. The van der Waals surface area contributed by atoms with Gasteiger partial charge in [-0.1, -0.05) is 18.2 Å². The summed E-state index contributed by atoms with van der Waals surface area (Å²) in [7, 11) is 0. The van der Waals surface area contributed by atoms with Gasteiger partial charge in [0.1, 0.15) is 0 Å². The molecule has 86 valence electrons. The maximum absolute atomic E-state index is 11.6. The summed E-state index contributed by atoms with van der Waals surface area (Å²) in [6, 6.07) is 7.62. The van der Waals surface area contributed by atoms with Crippen LogP contribution in [0.5, 0.6) is 0 Å². The first-order chi connectivity index (χ1) is 7.81. The number of carbonyl (C=O) groups excluding carboxylic acids is 1. The van der Waals surface area contributed by atoms with Crippen molar-refractivity contribution < 1.29 is 4.79 Å². The molecule has 1 heterocycles. The lowest BCUT2D eigenvalue weighted by molar-refractivity contribution is 0.0952. The quantitative estimate of drug-likeness (QED) is 0.451. The van der Waals surface area contributed by atoms with Crippen molar-refractivity contribution >= 4 is 5.91 Å². The molecule has 0 aromatic heterocycles. The minimum atomic E-state index is -0.213. The van der Waals surface area contributed by atoms with Crippen molar-refractivity contribution in [1.29, 1.82) is 0 Å². The van der Waals surface area contributed by atoms with Crippen LogP contribution in [0, 0.1) is 0 Å². The average molecular weight is 219 g/mol. The fourth-order valence-corrected chi connectivity index (χ4v) is 2.14. The molecule has 0 aliphatic carbocycles. The van der Waals surface area contributed by atoms with E-state index >= 15 is 0 Å². The first-order valence-electron chi connectivity index (χ1n) is 5.62. The fraction of sp³-hybridized carbons (Fsp3) is 0.417. The van der Waals surface area contributed by atoms with Gasteiger partial charge in [-0.05, 0) is 37.6 Å². The van der Waals surface area contributed by atoms with Gasteiger partial charge in [0.2, 0.25) is 0 Å². The monoisotopic (exact) mass is 219 g/mol. The van der Waals surface area contributed by atoms with Crippen LogP contribution in [-0.2, 0) is 6.54 Å². The Morgan fingerprint density at radius 2 is 2.00 bits per heavy atom. The molecular formula is C12H17N3O. The van der Waals surface area contributed by atoms with Gasteiger partial charge in [0.05, 0.1) is 0 Å². The molecule has 0 radical (unpaired) electrons. The van der Waals surface area contributed by atoms with Crippen LogP contribution in [0.2, 0.25) is 0 Å². The normalized spacial score (nSPS) is 16.3. The van der Waals surface area contributed by atoms with Gasteiger partial charge in [0, 0.05) is 12.1 Å². The second-order valence-corrected chi connectivity index (χ2v) is 4.11. The summed E-state index contributed by atoms with van der Waals surface area (Å²) in [4.78, 5) is 13.9. The Bertz CT molecular complexity index is 372. The molecule has 1 aromatic carbocycles. The second kappa shape index (κ2) is 5.09. The molecule has 1 aliphatic heterocycles. The smallest absolute Gasteiger partial charge is 0.265 e. The van der Waals surface area contributed by atoms with Crippen LogP contribution >= 0.6 is 0 Å². The number of nitrogens with one attached hydrogen (secondary N) is 1. The van der Waals surface area contributed by atoms with Gasteiger partial charge in [-0.2, -0.15) is 0 Å². The van der Waals surface area contributed by atoms with Crippen molar-refractivity contribution in [2.75, 3.05) is 13.1 Å². The molecule has 1 saturated heterocycles. The van der Waals surface area contributed by atoms with E-state index in [0.29, 0.717) is 5.56 Å². The Balaban J connectivity index is 2.15. The van der Waals surface area contributed by atoms with Crippen LogP contribution in [0.1, 0.15) is 28.8 Å². The Labute approximate surface area is 95.4 Å². The molecule has 0 atom stereocenters. The Kier molecular flexibility index (Phi) is 3.54. The predicted molar refractivity (Wildman–Crippen MR) is 62.6 cm³/mol. The van der Waals surface area contributed by atoms with Crippen LogP contribution in [-0.4, -0.2) is 23.9 Å². The van der Waals surface area contributed by atoms with E-state index in [1.807, 2.05) is 24.3 Å². The number of hydrogen-bond acceptors (Lipinski definition) is 3. The zero-order chi connectivity index (χ0) is 11.4. The Morgan fingerprint density at radius 1 is 1.31 bits per heavy atom. The van der Waals surface area contributed by atoms with Crippen LogP contribution in [0.4, 0.5) is 0 Å². The van der Waals surface area contributed by atoms with E-state index in [0.717, 1.165) is 25.2 Å². The number of nitrogens with zero attached hydrogens (tertiary/aromatic N) is 1. The molecule has 1 aromatic rings. The number of rotatable bonds is 3. The number of nitrogen functional groups attached to an aromatic ring is 1. The Hall–Kier alpha value is -1.39. The van der Waals surface area contributed by atoms with Crippen LogP contribution in [0.3, 0.4) is 0 Å². The molecule has 1 amide bonds. The molecule has 0 saturated carbocycles. The van der Waals surface area contributed by atoms with Crippen molar-refractivity contribution in [2.24, 2.45) is 5.84 Å². The van der Waals surface area contributed by atoms with Gasteiger partial charge in [-0.25, -0.2) is 5.84 Å². The summed E-state index contributed by atoms with van der Waals surface area (Å²) in [5.74, 6) is 4.95. The molecule has 4 heteroatoms. The van der Waals surface area contributed by atoms with Crippen molar-refractivity contribution in [3.05, 3.63) is 35.4 Å². The number of benzene rings is 1. The van der Waals surface area contributed by atoms with E-state index in [4.69, 9.17) is 5.84 Å². The zero-order valence-electron chi connectivity index (χ0n) is 9.28. The molecule has 1 aliphatic rings. The highest BCUT2D eigenvalue weighted by atomic mass is 16.2. The molecule has 1 fully saturated rings. The van der Waals surface area contributed by atoms with Crippen molar-refractivity contribution in [3.8, 4) is 0 Å². The predicted octanol–water partition coefficient (Wildman–Crippen LogP) is 0.886. The topological polar surface area (TPSA) is 58.4 Å². The summed E-state index contributed by atoms with van der Waals surface area (Å²) in [5, 5.41) is 0. The number of carbonyl (C=O) groups is 1. The Morgan fingerprint density at radius 3 is 2.69 bits per heavy atom. The van der Waals surface area contributed by atoms with E-state index in [2.05, 4.69) is 10.3 Å². The van der Waals surface area contributed by atoms with Crippen LogP contribution in [0.15, 0.2) is 24.3 Å². The molecule has 0 unspecified atom stereocenters. The van der Waals surface area contributed by atoms with Gasteiger partial charge >= 0.3 is 0 Å². The number of likely N-dealkylation sites (tertiary alicyclic amines) is 1. The van der Waals surface area contributed by atoms with Crippen molar-refractivity contribution in [3.63, 3.8) is 0 Å². The highest BCUT2D eigenvalue weighted by molar-refractivity contribution is 5.95. The lowest BCUT2D eigenvalue weighted by Crippen LogP contribution is -2.31. The summed E-state index contributed by atoms with van der Waals surface area (Å²) in [5.41, 5.74) is 3.92.